The van der Waals surface area contributed by atoms with Gasteiger partial charge in [0.05, 0.1) is 6.61 Å². The average molecular weight is 511 g/mol. The van der Waals surface area contributed by atoms with Crippen molar-refractivity contribution in [2.75, 3.05) is 13.2 Å². The number of carbonyl (C=O) groups is 3. The van der Waals surface area contributed by atoms with Crippen LogP contribution >= 0.6 is 0 Å². The highest BCUT2D eigenvalue weighted by molar-refractivity contribution is 5.86. The first-order chi connectivity index (χ1) is 16.7. The molecule has 0 bridgehead atoms. The monoisotopic (exact) mass is 510 g/mol. The molecule has 1 heterocycles. The molecule has 2 rings (SSSR count). The number of hydrogen-bond donors (Lipinski definition) is 3. The van der Waals surface area contributed by atoms with Gasteiger partial charge in [0.15, 0.2) is 5.79 Å². The quantitative estimate of drug-likeness (QED) is 0.289. The van der Waals surface area contributed by atoms with Crippen molar-refractivity contribution >= 4 is 17.8 Å². The maximum absolute atomic E-state index is 13.3. The predicted octanol–water partition coefficient (Wildman–Crippen LogP) is 4.80. The highest BCUT2D eigenvalue weighted by Crippen LogP contribution is 2.46. The van der Waals surface area contributed by atoms with Crippen LogP contribution in [0.5, 0.6) is 0 Å². The van der Waals surface area contributed by atoms with Crippen molar-refractivity contribution in [1.29, 1.82) is 0 Å². The molecule has 0 aromatic rings. The molecule has 8 heteroatoms. The Hall–Kier alpha value is -1.67. The molecule has 208 valence electrons. The molecule has 3 N–H and O–H groups in total. The first-order valence-electron chi connectivity index (χ1n) is 13.8. The van der Waals surface area contributed by atoms with Gasteiger partial charge in [0, 0.05) is 23.4 Å². The summed E-state index contributed by atoms with van der Waals surface area (Å²) in [5.41, 5.74) is -2.32. The smallest absolute Gasteiger partial charge is 0.313 e. The molecule has 0 spiro atoms. The zero-order valence-electron chi connectivity index (χ0n) is 23.6. The van der Waals surface area contributed by atoms with Crippen LogP contribution in [-0.4, -0.2) is 54.0 Å². The third-order valence-electron chi connectivity index (χ3n) is 8.36. The van der Waals surface area contributed by atoms with Gasteiger partial charge < -0.3 is 25.2 Å². The normalized spacial score (nSPS) is 24.6. The van der Waals surface area contributed by atoms with E-state index in [9.17, 15) is 19.5 Å². The molecule has 2 amide bonds. The number of carbonyl (C=O) groups excluding carboxylic acids is 2. The molecule has 1 saturated carbocycles. The first-order valence-corrected chi connectivity index (χ1v) is 13.8. The number of nitrogens with one attached hydrogen (secondary N) is 2. The van der Waals surface area contributed by atoms with Crippen LogP contribution in [-0.2, 0) is 23.9 Å². The Morgan fingerprint density at radius 2 is 1.67 bits per heavy atom. The molecule has 2 aliphatic rings. The number of hydrogen-bond acceptors (Lipinski definition) is 5. The Labute approximate surface area is 217 Å². The van der Waals surface area contributed by atoms with Gasteiger partial charge in [0.1, 0.15) is 11.5 Å². The fraction of sp³-hybridized carbons (Fsp3) is 0.893. The third-order valence-corrected chi connectivity index (χ3v) is 8.36. The summed E-state index contributed by atoms with van der Waals surface area (Å²) in [5, 5.41) is 15.9. The summed E-state index contributed by atoms with van der Waals surface area (Å²) in [6.07, 6.45) is 9.87. The van der Waals surface area contributed by atoms with Gasteiger partial charge in [0.25, 0.3) is 0 Å². The Bertz CT molecular complexity index is 776. The molecule has 0 aromatic carbocycles. The number of unbranched alkanes of at least 4 members (excludes halogenated alkanes) is 5. The molecule has 0 radical (unpaired) electrons. The van der Waals surface area contributed by atoms with Gasteiger partial charge >= 0.3 is 5.97 Å². The summed E-state index contributed by atoms with van der Waals surface area (Å²) < 4.78 is 11.6. The van der Waals surface area contributed by atoms with E-state index >= 15 is 0 Å². The molecule has 1 aliphatic heterocycles. The molecular weight excluding hydrogens is 460 g/mol. The number of aliphatic carboxylic acids is 1. The zero-order chi connectivity index (χ0) is 27.2. The largest absolute Gasteiger partial charge is 0.481 e. The van der Waals surface area contributed by atoms with Crippen molar-refractivity contribution in [3.8, 4) is 0 Å². The molecular formula is C28H50N2O6. The topological polar surface area (TPSA) is 114 Å². The van der Waals surface area contributed by atoms with Crippen LogP contribution < -0.4 is 10.6 Å². The van der Waals surface area contributed by atoms with Crippen molar-refractivity contribution in [1.82, 2.24) is 10.6 Å². The lowest BCUT2D eigenvalue weighted by Crippen LogP contribution is -2.60. The van der Waals surface area contributed by atoms with Crippen LogP contribution in [0.15, 0.2) is 0 Å². The molecule has 1 saturated heterocycles. The average Bonchev–Trinajstić information content (AvgIpc) is 2.77. The Balaban J connectivity index is 1.98. The summed E-state index contributed by atoms with van der Waals surface area (Å²) in [4.78, 5) is 38.7. The predicted molar refractivity (Wildman–Crippen MR) is 139 cm³/mol. The minimum Gasteiger partial charge on any atom is -0.481 e. The molecule has 2 fully saturated rings. The maximum atomic E-state index is 13.3. The maximum Gasteiger partial charge on any atom is 0.313 e. The van der Waals surface area contributed by atoms with Crippen molar-refractivity contribution in [3.63, 3.8) is 0 Å². The van der Waals surface area contributed by atoms with E-state index in [4.69, 9.17) is 9.47 Å². The van der Waals surface area contributed by atoms with Crippen LogP contribution in [0.2, 0.25) is 0 Å². The van der Waals surface area contributed by atoms with E-state index in [1.165, 1.54) is 25.7 Å². The second-order valence-corrected chi connectivity index (χ2v) is 12.5. The zero-order valence-corrected chi connectivity index (χ0v) is 23.6. The Morgan fingerprint density at radius 1 is 1.06 bits per heavy atom. The fourth-order valence-electron chi connectivity index (χ4n) is 5.05. The SMILES string of the molecule is CCCCCCCCC1(C(=O)NC(C)C(C)(CNC(=O)C2OC(C)(C)OCC2(C)C)C(=O)O)CCC1. The molecule has 36 heavy (non-hydrogen) atoms. The lowest BCUT2D eigenvalue weighted by Gasteiger charge is -2.45. The lowest BCUT2D eigenvalue weighted by atomic mass is 9.65. The molecule has 3 atom stereocenters. The summed E-state index contributed by atoms with van der Waals surface area (Å²) in [7, 11) is 0. The second-order valence-electron chi connectivity index (χ2n) is 12.5. The summed E-state index contributed by atoms with van der Waals surface area (Å²) in [5.74, 6) is -2.39. The summed E-state index contributed by atoms with van der Waals surface area (Å²) in [6, 6.07) is -0.662. The van der Waals surface area contributed by atoms with Crippen molar-refractivity contribution in [2.24, 2.45) is 16.2 Å². The van der Waals surface area contributed by atoms with Gasteiger partial charge in [-0.25, -0.2) is 0 Å². The van der Waals surface area contributed by atoms with E-state index in [1.807, 2.05) is 13.8 Å². The van der Waals surface area contributed by atoms with Crippen LogP contribution in [0.3, 0.4) is 0 Å². The van der Waals surface area contributed by atoms with E-state index in [1.54, 1.807) is 27.7 Å². The number of rotatable bonds is 14. The van der Waals surface area contributed by atoms with Crippen molar-refractivity contribution in [3.05, 3.63) is 0 Å². The van der Waals surface area contributed by atoms with Gasteiger partial charge in [-0.05, 0) is 47.0 Å². The molecule has 0 aromatic heterocycles. The highest BCUT2D eigenvalue weighted by Gasteiger charge is 2.49. The number of carboxylic acid groups (broad SMARTS) is 1. The van der Waals surface area contributed by atoms with Crippen molar-refractivity contribution < 1.29 is 29.0 Å². The minimum atomic E-state index is -1.37. The fourth-order valence-corrected chi connectivity index (χ4v) is 5.05. The van der Waals surface area contributed by atoms with E-state index in [0.717, 1.165) is 38.5 Å². The number of carboxylic acids is 1. The minimum absolute atomic E-state index is 0.0516. The van der Waals surface area contributed by atoms with Crippen LogP contribution in [0.1, 0.15) is 113 Å². The standard InChI is InChI=1S/C28H50N2O6/c1-8-9-10-11-12-13-15-28(16-14-17-28)23(32)30-20(2)27(7,24(33)34)18-29-22(31)21-25(3,4)19-35-26(5,6)36-21/h20-21H,8-19H2,1-7H3,(H,29,31)(H,30,32)(H,33,34). The van der Waals surface area contributed by atoms with E-state index in [-0.39, 0.29) is 23.8 Å². The van der Waals surface area contributed by atoms with E-state index in [2.05, 4.69) is 17.6 Å². The molecule has 3 unspecified atom stereocenters. The summed E-state index contributed by atoms with van der Waals surface area (Å²) in [6.45, 7) is 13.0. The van der Waals surface area contributed by atoms with Crippen molar-refractivity contribution in [2.45, 2.75) is 131 Å². The van der Waals surface area contributed by atoms with Gasteiger partial charge in [-0.2, -0.15) is 0 Å². The Kier molecular flexibility index (Phi) is 10.4. The van der Waals surface area contributed by atoms with Gasteiger partial charge in [-0.15, -0.1) is 0 Å². The first kappa shape index (κ1) is 30.6. The van der Waals surface area contributed by atoms with Crippen LogP contribution in [0, 0.1) is 16.2 Å². The highest BCUT2D eigenvalue weighted by atomic mass is 16.7. The second kappa shape index (κ2) is 12.2. The molecule has 1 aliphatic carbocycles. The lowest BCUT2D eigenvalue weighted by molar-refractivity contribution is -0.304. The Morgan fingerprint density at radius 3 is 2.22 bits per heavy atom. The molecule has 8 nitrogen and oxygen atoms in total. The van der Waals surface area contributed by atoms with Crippen LogP contribution in [0.25, 0.3) is 0 Å². The van der Waals surface area contributed by atoms with E-state index < -0.39 is 34.7 Å². The third kappa shape index (κ3) is 7.44. The van der Waals surface area contributed by atoms with Gasteiger partial charge in [-0.1, -0.05) is 65.7 Å². The van der Waals surface area contributed by atoms with Gasteiger partial charge in [-0.3, -0.25) is 14.4 Å². The van der Waals surface area contributed by atoms with Gasteiger partial charge in [0.2, 0.25) is 11.8 Å². The number of ether oxygens (including phenoxy) is 2. The summed E-state index contributed by atoms with van der Waals surface area (Å²) >= 11 is 0. The van der Waals surface area contributed by atoms with Crippen LogP contribution in [0.4, 0.5) is 0 Å². The van der Waals surface area contributed by atoms with E-state index in [0.29, 0.717) is 6.61 Å². The number of amides is 2.